The second-order valence-corrected chi connectivity index (χ2v) is 13.4. The van der Waals surface area contributed by atoms with Gasteiger partial charge < -0.3 is 9.84 Å². The number of amides is 4. The number of fused-ring (bicyclic) bond motifs is 4. The molecule has 1 saturated carbocycles. The number of carbonyl (C=O) groups is 4. The molecule has 8 nitrogen and oxygen atoms in total. The van der Waals surface area contributed by atoms with Gasteiger partial charge in [-0.15, -0.1) is 0 Å². The lowest BCUT2D eigenvalue weighted by molar-refractivity contribution is -0.126. The van der Waals surface area contributed by atoms with Gasteiger partial charge in [-0.05, 0) is 85.7 Å². The van der Waals surface area contributed by atoms with Crippen LogP contribution in [0.3, 0.4) is 0 Å². The number of halogens is 2. The number of benzene rings is 3. The van der Waals surface area contributed by atoms with Crippen LogP contribution in [0.1, 0.15) is 35.4 Å². The molecule has 0 aromatic heterocycles. The lowest BCUT2D eigenvalue weighted by Gasteiger charge is -2.44. The van der Waals surface area contributed by atoms with Crippen LogP contribution in [0.5, 0.6) is 5.75 Å². The summed E-state index contributed by atoms with van der Waals surface area (Å²) in [6.07, 6.45) is 2.64. The van der Waals surface area contributed by atoms with Crippen molar-refractivity contribution in [1.29, 1.82) is 0 Å². The number of imide groups is 2. The number of rotatable bonds is 6. The molecule has 3 aromatic rings. The highest BCUT2D eigenvalue weighted by Crippen LogP contribution is 2.58. The number of nitrogens with zero attached hydrogens (tertiary/aromatic N) is 2. The molecule has 236 valence electrons. The first-order chi connectivity index (χ1) is 22.1. The highest BCUT2D eigenvalue weighted by Gasteiger charge is 2.62. The van der Waals surface area contributed by atoms with Crippen molar-refractivity contribution in [2.45, 2.75) is 32.6 Å². The quantitative estimate of drug-likeness (QED) is 0.256. The first-order valence-electron chi connectivity index (χ1n) is 15.4. The fourth-order valence-electron chi connectivity index (χ4n) is 7.85. The van der Waals surface area contributed by atoms with Crippen LogP contribution in [-0.4, -0.2) is 41.9 Å². The summed E-state index contributed by atoms with van der Waals surface area (Å²) >= 11 is 12.8. The number of aliphatic hydroxyl groups is 1. The zero-order valence-electron chi connectivity index (χ0n) is 25.3. The normalized spacial score (nSPS) is 27.0. The molecule has 0 bridgehead atoms. The Hall–Kier alpha value is -3.98. The van der Waals surface area contributed by atoms with E-state index >= 15 is 0 Å². The summed E-state index contributed by atoms with van der Waals surface area (Å²) < 4.78 is 5.57. The summed E-state index contributed by atoms with van der Waals surface area (Å²) in [6, 6.07) is 17.6. The molecule has 2 aliphatic carbocycles. The molecule has 0 radical (unpaired) electrons. The van der Waals surface area contributed by atoms with Crippen molar-refractivity contribution >= 4 is 58.2 Å². The Morgan fingerprint density at radius 1 is 0.739 bits per heavy atom. The number of aliphatic hydroxyl groups excluding tert-OH is 1. The Morgan fingerprint density at radius 2 is 1.30 bits per heavy atom. The molecule has 2 aliphatic heterocycles. The highest BCUT2D eigenvalue weighted by atomic mass is 35.5. The van der Waals surface area contributed by atoms with Crippen molar-refractivity contribution in [1.82, 2.24) is 0 Å². The van der Waals surface area contributed by atoms with Crippen molar-refractivity contribution in [3.63, 3.8) is 0 Å². The Balaban J connectivity index is 1.31. The fraction of sp³-hybridized carbons (Fsp3) is 0.333. The van der Waals surface area contributed by atoms with Gasteiger partial charge in [0.1, 0.15) is 12.4 Å². The van der Waals surface area contributed by atoms with E-state index in [2.05, 4.69) is 0 Å². The summed E-state index contributed by atoms with van der Waals surface area (Å²) in [4.78, 5) is 59.0. The Labute approximate surface area is 276 Å². The van der Waals surface area contributed by atoms with E-state index in [9.17, 15) is 24.3 Å². The highest BCUT2D eigenvalue weighted by molar-refractivity contribution is 6.33. The van der Waals surface area contributed by atoms with Crippen LogP contribution in [0.15, 0.2) is 72.3 Å². The van der Waals surface area contributed by atoms with Gasteiger partial charge in [0.2, 0.25) is 23.6 Å². The third kappa shape index (κ3) is 4.77. The molecule has 4 amide bonds. The fourth-order valence-corrected chi connectivity index (χ4v) is 8.20. The number of hydrogen-bond acceptors (Lipinski definition) is 6. The lowest BCUT2D eigenvalue weighted by atomic mass is 9.57. The van der Waals surface area contributed by atoms with E-state index in [0.717, 1.165) is 22.3 Å². The maximum absolute atomic E-state index is 14.3. The van der Waals surface area contributed by atoms with Crippen LogP contribution < -0.4 is 14.5 Å². The third-order valence-electron chi connectivity index (χ3n) is 10.1. The summed E-state index contributed by atoms with van der Waals surface area (Å²) in [5.74, 6) is -4.23. The van der Waals surface area contributed by atoms with Crippen molar-refractivity contribution in [2.75, 3.05) is 23.0 Å². The van der Waals surface area contributed by atoms with Crippen molar-refractivity contribution in [3.8, 4) is 5.75 Å². The second kappa shape index (κ2) is 11.7. The first kappa shape index (κ1) is 30.7. The zero-order chi connectivity index (χ0) is 32.4. The Morgan fingerprint density at radius 3 is 1.87 bits per heavy atom. The first-order valence-corrected chi connectivity index (χ1v) is 16.2. The van der Waals surface area contributed by atoms with E-state index in [0.29, 0.717) is 33.6 Å². The van der Waals surface area contributed by atoms with Gasteiger partial charge in [-0.25, -0.2) is 9.80 Å². The molecule has 7 rings (SSSR count). The predicted octanol–water partition coefficient (Wildman–Crippen LogP) is 6.03. The number of allylic oxidation sites excluding steroid dienone is 2. The van der Waals surface area contributed by atoms with Crippen LogP contribution in [0, 0.1) is 43.4 Å². The van der Waals surface area contributed by atoms with Crippen LogP contribution in [0.25, 0.3) is 0 Å². The van der Waals surface area contributed by atoms with E-state index in [-0.39, 0.29) is 43.3 Å². The molecule has 46 heavy (non-hydrogen) atoms. The number of hydrogen-bond donors (Lipinski definition) is 1. The molecule has 4 aliphatic rings. The summed E-state index contributed by atoms with van der Waals surface area (Å²) in [6.45, 7) is 3.72. The molecule has 3 fully saturated rings. The summed E-state index contributed by atoms with van der Waals surface area (Å²) in [7, 11) is 0. The Kier molecular flexibility index (Phi) is 7.78. The number of anilines is 2. The van der Waals surface area contributed by atoms with Crippen molar-refractivity contribution in [2.24, 2.45) is 29.6 Å². The van der Waals surface area contributed by atoms with Crippen molar-refractivity contribution < 1.29 is 29.0 Å². The van der Waals surface area contributed by atoms with Gasteiger partial charge in [0.05, 0.1) is 41.7 Å². The SMILES string of the molecule is Cc1ccc(N2C(=O)C3CC=C4C(CC5C(=O)N(c6ccc(C)c(Cl)c6)C(=O)C5C4c4ccc(OCCO)cc4)C3C2=O)cc1Cl. The van der Waals surface area contributed by atoms with Crippen LogP contribution in [-0.2, 0) is 19.2 Å². The molecule has 0 spiro atoms. The van der Waals surface area contributed by atoms with Gasteiger partial charge in [0.15, 0.2) is 0 Å². The Bertz CT molecular complexity index is 1820. The maximum atomic E-state index is 14.3. The summed E-state index contributed by atoms with van der Waals surface area (Å²) in [5, 5.41) is 10.1. The van der Waals surface area contributed by atoms with Gasteiger partial charge in [0.25, 0.3) is 0 Å². The monoisotopic (exact) mass is 658 g/mol. The van der Waals surface area contributed by atoms with Crippen LogP contribution in [0.2, 0.25) is 10.0 Å². The molecular weight excluding hydrogens is 627 g/mol. The van der Waals surface area contributed by atoms with E-state index in [1.165, 1.54) is 9.80 Å². The molecule has 2 heterocycles. The van der Waals surface area contributed by atoms with Gasteiger partial charge in [-0.3, -0.25) is 19.2 Å². The molecule has 10 heteroatoms. The number of ether oxygens (including phenoxy) is 1. The van der Waals surface area contributed by atoms with Crippen LogP contribution in [0.4, 0.5) is 11.4 Å². The van der Waals surface area contributed by atoms with E-state index < -0.39 is 35.5 Å². The largest absolute Gasteiger partial charge is 0.491 e. The molecule has 1 N–H and O–H groups in total. The molecular formula is C36H32Cl2N2O6. The summed E-state index contributed by atoms with van der Waals surface area (Å²) in [5.41, 5.74) is 4.22. The number of aryl methyl sites for hydroxylation is 2. The lowest BCUT2D eigenvalue weighted by Crippen LogP contribution is -2.43. The predicted molar refractivity (Wildman–Crippen MR) is 174 cm³/mol. The van der Waals surface area contributed by atoms with Gasteiger partial charge in [-0.2, -0.15) is 0 Å². The van der Waals surface area contributed by atoms with Gasteiger partial charge in [-0.1, -0.05) is 59.1 Å². The van der Waals surface area contributed by atoms with Gasteiger partial charge >= 0.3 is 0 Å². The zero-order valence-corrected chi connectivity index (χ0v) is 26.8. The second-order valence-electron chi connectivity index (χ2n) is 12.6. The molecule has 6 unspecified atom stereocenters. The van der Waals surface area contributed by atoms with Gasteiger partial charge in [0, 0.05) is 16.0 Å². The minimum Gasteiger partial charge on any atom is -0.491 e. The average Bonchev–Trinajstić information content (AvgIpc) is 3.45. The third-order valence-corrected chi connectivity index (χ3v) is 10.9. The minimum absolute atomic E-state index is 0.126. The maximum Gasteiger partial charge on any atom is 0.238 e. The van der Waals surface area contributed by atoms with E-state index in [4.69, 9.17) is 27.9 Å². The van der Waals surface area contributed by atoms with Crippen LogP contribution >= 0.6 is 23.2 Å². The minimum atomic E-state index is -0.699. The van der Waals surface area contributed by atoms with E-state index in [1.807, 2.05) is 32.1 Å². The topological polar surface area (TPSA) is 104 Å². The average molecular weight is 660 g/mol. The number of carbonyl (C=O) groups excluding carboxylic acids is 4. The molecule has 3 aromatic carbocycles. The molecule has 6 atom stereocenters. The smallest absolute Gasteiger partial charge is 0.238 e. The standard InChI is InChI=1S/C36H32Cl2N2O6/c1-18-3-7-21(15-28(18)37)39-33(42)25-12-11-24-26(31(25)35(39)44)17-27-32(30(24)20-5-9-23(10-6-20)46-14-13-41)36(45)40(34(27)43)22-8-4-19(2)29(38)16-22/h3-11,15-16,25-27,30-32,41H,12-14,17H2,1-2H3. The molecule has 2 saturated heterocycles. The van der Waals surface area contributed by atoms with E-state index in [1.54, 1.807) is 48.5 Å². The van der Waals surface area contributed by atoms with Crippen molar-refractivity contribution in [3.05, 3.63) is 99.0 Å².